The van der Waals surface area contributed by atoms with Crippen molar-refractivity contribution >= 4 is 11.3 Å². The first-order valence-corrected chi connectivity index (χ1v) is 7.62. The third kappa shape index (κ3) is 3.88. The molecule has 1 heterocycles. The van der Waals surface area contributed by atoms with Gasteiger partial charge in [0.2, 0.25) is 0 Å². The van der Waals surface area contributed by atoms with Crippen LogP contribution in [-0.4, -0.2) is 11.0 Å². The third-order valence-electron chi connectivity index (χ3n) is 3.25. The molecule has 1 aromatic heterocycles. The maximum Gasteiger partial charge on any atom is 0.0900 e. The summed E-state index contributed by atoms with van der Waals surface area (Å²) in [6.45, 7) is 8.63. The fourth-order valence-electron chi connectivity index (χ4n) is 2.48. The molecule has 2 unspecified atom stereocenters. The normalized spacial score (nSPS) is 14.3. The summed E-state index contributed by atoms with van der Waals surface area (Å²) in [5.41, 5.74) is 2.54. The topological polar surface area (TPSA) is 24.9 Å². The predicted octanol–water partition coefficient (Wildman–Crippen LogP) is 4.04. The van der Waals surface area contributed by atoms with Gasteiger partial charge < -0.3 is 5.32 Å². The summed E-state index contributed by atoms with van der Waals surface area (Å²) in [6, 6.07) is 11.5. The minimum absolute atomic E-state index is 0.366. The second-order valence-electron chi connectivity index (χ2n) is 5.16. The lowest BCUT2D eigenvalue weighted by atomic mass is 10.1. The highest BCUT2D eigenvalue weighted by Gasteiger charge is 2.15. The highest BCUT2D eigenvalue weighted by atomic mass is 32.1. The molecule has 1 N–H and O–H groups in total. The van der Waals surface area contributed by atoms with Crippen LogP contribution >= 0.6 is 11.3 Å². The Morgan fingerprint density at radius 3 is 2.42 bits per heavy atom. The Bertz CT molecular complexity index is 519. The Hall–Kier alpha value is -1.19. The second kappa shape index (κ2) is 6.31. The number of aromatic nitrogens is 1. The zero-order valence-electron chi connectivity index (χ0n) is 12.1. The minimum atomic E-state index is 0.366. The molecule has 0 spiro atoms. The van der Waals surface area contributed by atoms with Crippen LogP contribution in [0.1, 0.15) is 41.0 Å². The Morgan fingerprint density at radius 1 is 1.16 bits per heavy atom. The van der Waals surface area contributed by atoms with Gasteiger partial charge in [-0.25, -0.2) is 4.98 Å². The number of benzene rings is 1. The largest absolute Gasteiger partial charge is 0.307 e. The van der Waals surface area contributed by atoms with Crippen LogP contribution in [0.5, 0.6) is 0 Å². The van der Waals surface area contributed by atoms with Crippen molar-refractivity contribution in [2.24, 2.45) is 0 Å². The van der Waals surface area contributed by atoms with Gasteiger partial charge in [0.05, 0.1) is 10.7 Å². The van der Waals surface area contributed by atoms with E-state index >= 15 is 0 Å². The monoisotopic (exact) mass is 274 g/mol. The number of nitrogens with one attached hydrogen (secondary N) is 1. The summed E-state index contributed by atoms with van der Waals surface area (Å²) >= 11 is 1.80. The smallest absolute Gasteiger partial charge is 0.0900 e. The fraction of sp³-hybridized carbons (Fsp3) is 0.438. The third-order valence-corrected chi connectivity index (χ3v) is 4.51. The molecule has 0 amide bonds. The minimum Gasteiger partial charge on any atom is -0.307 e. The van der Waals surface area contributed by atoms with Crippen molar-refractivity contribution in [2.45, 2.75) is 46.2 Å². The van der Waals surface area contributed by atoms with Crippen LogP contribution in [-0.2, 0) is 6.42 Å². The fourth-order valence-corrected chi connectivity index (χ4v) is 3.42. The van der Waals surface area contributed by atoms with Gasteiger partial charge in [-0.3, -0.25) is 0 Å². The zero-order chi connectivity index (χ0) is 13.8. The lowest BCUT2D eigenvalue weighted by Gasteiger charge is -2.19. The standard InChI is InChI=1S/C16H22N2S/c1-11(10-15-8-6-5-7-9-15)17-12(2)16-13(3)18-14(4)19-16/h5-9,11-12,17H,10H2,1-4H3. The van der Waals surface area contributed by atoms with E-state index < -0.39 is 0 Å². The molecule has 19 heavy (non-hydrogen) atoms. The van der Waals surface area contributed by atoms with Crippen molar-refractivity contribution in [2.75, 3.05) is 0 Å². The molecule has 0 fully saturated rings. The Labute approximate surface area is 119 Å². The zero-order valence-corrected chi connectivity index (χ0v) is 12.9. The van der Waals surface area contributed by atoms with E-state index in [-0.39, 0.29) is 0 Å². The molecule has 0 aliphatic carbocycles. The molecule has 0 aliphatic heterocycles. The van der Waals surface area contributed by atoms with Gasteiger partial charge in [0, 0.05) is 17.0 Å². The van der Waals surface area contributed by atoms with Crippen molar-refractivity contribution in [1.82, 2.24) is 10.3 Å². The molecule has 2 rings (SSSR count). The molecular weight excluding hydrogens is 252 g/mol. The lowest BCUT2D eigenvalue weighted by Crippen LogP contribution is -2.30. The van der Waals surface area contributed by atoms with Crippen molar-refractivity contribution in [3.63, 3.8) is 0 Å². The van der Waals surface area contributed by atoms with Gasteiger partial charge in [0.15, 0.2) is 0 Å². The van der Waals surface area contributed by atoms with E-state index in [1.807, 2.05) is 0 Å². The molecule has 0 radical (unpaired) electrons. The molecule has 0 bridgehead atoms. The van der Waals surface area contributed by atoms with E-state index in [0.29, 0.717) is 12.1 Å². The number of aryl methyl sites for hydroxylation is 2. The van der Waals surface area contributed by atoms with E-state index in [1.165, 1.54) is 10.4 Å². The van der Waals surface area contributed by atoms with Gasteiger partial charge in [0.1, 0.15) is 0 Å². The Balaban J connectivity index is 1.95. The average Bonchev–Trinajstić information content (AvgIpc) is 2.69. The number of hydrogen-bond donors (Lipinski definition) is 1. The first-order valence-electron chi connectivity index (χ1n) is 6.80. The summed E-state index contributed by atoms with van der Waals surface area (Å²) in [5.74, 6) is 0. The Kier molecular flexibility index (Phi) is 4.72. The lowest BCUT2D eigenvalue weighted by molar-refractivity contribution is 0.480. The van der Waals surface area contributed by atoms with E-state index in [1.54, 1.807) is 11.3 Å². The van der Waals surface area contributed by atoms with E-state index in [9.17, 15) is 0 Å². The van der Waals surface area contributed by atoms with Crippen LogP contribution in [0.3, 0.4) is 0 Å². The maximum atomic E-state index is 4.50. The second-order valence-corrected chi connectivity index (χ2v) is 6.40. The van der Waals surface area contributed by atoms with Crippen LogP contribution < -0.4 is 5.32 Å². The van der Waals surface area contributed by atoms with Gasteiger partial charge in [0.25, 0.3) is 0 Å². The molecule has 2 nitrogen and oxygen atoms in total. The van der Waals surface area contributed by atoms with E-state index in [4.69, 9.17) is 0 Å². The molecule has 3 heteroatoms. The average molecular weight is 274 g/mol. The Morgan fingerprint density at radius 2 is 1.84 bits per heavy atom. The highest BCUT2D eigenvalue weighted by Crippen LogP contribution is 2.24. The SMILES string of the molecule is Cc1nc(C)c(C(C)NC(C)Cc2ccccc2)s1. The number of rotatable bonds is 5. The van der Waals surface area contributed by atoms with Crippen molar-refractivity contribution in [3.05, 3.63) is 51.5 Å². The van der Waals surface area contributed by atoms with Gasteiger partial charge in [-0.05, 0) is 39.7 Å². The van der Waals surface area contributed by atoms with Crippen molar-refractivity contribution < 1.29 is 0 Å². The van der Waals surface area contributed by atoms with Crippen molar-refractivity contribution in [3.8, 4) is 0 Å². The number of hydrogen-bond acceptors (Lipinski definition) is 3. The summed E-state index contributed by atoms with van der Waals surface area (Å²) in [4.78, 5) is 5.86. The first kappa shape index (κ1) is 14.2. The van der Waals surface area contributed by atoms with Crippen LogP contribution in [0.4, 0.5) is 0 Å². The van der Waals surface area contributed by atoms with Gasteiger partial charge >= 0.3 is 0 Å². The molecule has 0 saturated heterocycles. The molecule has 0 saturated carbocycles. The molecule has 2 atom stereocenters. The quantitative estimate of drug-likeness (QED) is 0.890. The summed E-state index contributed by atoms with van der Waals surface area (Å²) in [6.07, 6.45) is 1.06. The first-order chi connectivity index (χ1) is 9.06. The molecule has 0 aliphatic rings. The van der Waals surface area contributed by atoms with Crippen LogP contribution in [0.15, 0.2) is 30.3 Å². The van der Waals surface area contributed by atoms with Gasteiger partial charge in [-0.1, -0.05) is 30.3 Å². The molecular formula is C16H22N2S. The van der Waals surface area contributed by atoms with E-state index in [0.717, 1.165) is 17.1 Å². The summed E-state index contributed by atoms with van der Waals surface area (Å²) in [7, 11) is 0. The number of thiazole rings is 1. The summed E-state index contributed by atoms with van der Waals surface area (Å²) < 4.78 is 0. The summed E-state index contributed by atoms with van der Waals surface area (Å²) in [5, 5.41) is 4.82. The highest BCUT2D eigenvalue weighted by molar-refractivity contribution is 7.11. The number of nitrogens with zero attached hydrogens (tertiary/aromatic N) is 1. The van der Waals surface area contributed by atoms with Crippen LogP contribution in [0.2, 0.25) is 0 Å². The van der Waals surface area contributed by atoms with E-state index in [2.05, 4.69) is 68.3 Å². The van der Waals surface area contributed by atoms with Crippen molar-refractivity contribution in [1.29, 1.82) is 0 Å². The predicted molar refractivity (Wildman–Crippen MR) is 82.7 cm³/mol. The van der Waals surface area contributed by atoms with Crippen LogP contribution in [0, 0.1) is 13.8 Å². The van der Waals surface area contributed by atoms with Gasteiger partial charge in [-0.15, -0.1) is 11.3 Å². The molecule has 2 aromatic rings. The molecule has 1 aromatic carbocycles. The van der Waals surface area contributed by atoms with Crippen LogP contribution in [0.25, 0.3) is 0 Å². The maximum absolute atomic E-state index is 4.50. The van der Waals surface area contributed by atoms with Gasteiger partial charge in [-0.2, -0.15) is 0 Å². The molecule has 102 valence electrons.